The van der Waals surface area contributed by atoms with Crippen molar-refractivity contribution >= 4 is 11.4 Å². The number of benzene rings is 2. The van der Waals surface area contributed by atoms with E-state index in [1.807, 2.05) is 36.4 Å². The Morgan fingerprint density at radius 3 is 2.10 bits per heavy atom. The molecule has 2 rings (SSSR count). The smallest absolute Gasteiger partial charge is 0.142 e. The molecular weight excluding hydrogens is 252 g/mol. The fourth-order valence-corrected chi connectivity index (χ4v) is 1.86. The largest absolute Gasteiger partial charge is 0.488 e. The molecule has 0 radical (unpaired) electrons. The predicted octanol–water partition coefficient (Wildman–Crippen LogP) is 2.87. The Balaban J connectivity index is 1.83. The van der Waals surface area contributed by atoms with E-state index in [-0.39, 0.29) is 0 Å². The fourth-order valence-electron chi connectivity index (χ4n) is 1.86. The van der Waals surface area contributed by atoms with Crippen LogP contribution in [0.3, 0.4) is 0 Å². The van der Waals surface area contributed by atoms with Gasteiger partial charge in [0.05, 0.1) is 11.4 Å². The SMILES string of the molecule is CCc1ccc(OCCOc2ccccc2N)c(N)c1. The highest BCUT2D eigenvalue weighted by atomic mass is 16.5. The van der Waals surface area contributed by atoms with Gasteiger partial charge in [0.25, 0.3) is 0 Å². The Labute approximate surface area is 119 Å². The van der Waals surface area contributed by atoms with Crippen LogP contribution in [-0.2, 0) is 6.42 Å². The predicted molar refractivity (Wildman–Crippen MR) is 82.1 cm³/mol. The Hall–Kier alpha value is -2.36. The summed E-state index contributed by atoms with van der Waals surface area (Å²) in [6.07, 6.45) is 0.959. The van der Waals surface area contributed by atoms with Crippen LogP contribution in [0.5, 0.6) is 11.5 Å². The van der Waals surface area contributed by atoms with Gasteiger partial charge in [0, 0.05) is 0 Å². The van der Waals surface area contributed by atoms with Crippen molar-refractivity contribution in [3.05, 3.63) is 48.0 Å². The van der Waals surface area contributed by atoms with Crippen LogP contribution in [0.1, 0.15) is 12.5 Å². The first kappa shape index (κ1) is 14.1. The minimum atomic E-state index is 0.420. The second-order valence-electron chi connectivity index (χ2n) is 4.46. The van der Waals surface area contributed by atoms with Gasteiger partial charge in [-0.1, -0.05) is 25.1 Å². The summed E-state index contributed by atoms with van der Waals surface area (Å²) in [5, 5.41) is 0. The van der Waals surface area contributed by atoms with E-state index < -0.39 is 0 Å². The summed E-state index contributed by atoms with van der Waals surface area (Å²) in [5.41, 5.74) is 14.2. The molecule has 106 valence electrons. The summed E-state index contributed by atoms with van der Waals surface area (Å²) in [4.78, 5) is 0. The van der Waals surface area contributed by atoms with Crippen LogP contribution in [-0.4, -0.2) is 13.2 Å². The van der Waals surface area contributed by atoms with E-state index in [9.17, 15) is 0 Å². The van der Waals surface area contributed by atoms with E-state index in [2.05, 4.69) is 6.92 Å². The lowest BCUT2D eigenvalue weighted by Gasteiger charge is -2.11. The number of hydrogen-bond acceptors (Lipinski definition) is 4. The van der Waals surface area contributed by atoms with Crippen molar-refractivity contribution in [2.75, 3.05) is 24.7 Å². The van der Waals surface area contributed by atoms with Crippen molar-refractivity contribution in [3.63, 3.8) is 0 Å². The van der Waals surface area contributed by atoms with Crippen molar-refractivity contribution in [1.82, 2.24) is 0 Å². The van der Waals surface area contributed by atoms with Crippen molar-refractivity contribution in [3.8, 4) is 11.5 Å². The minimum Gasteiger partial charge on any atom is -0.488 e. The third kappa shape index (κ3) is 3.57. The van der Waals surface area contributed by atoms with Gasteiger partial charge in [-0.05, 0) is 36.2 Å². The number of nitrogen functional groups attached to an aromatic ring is 2. The second-order valence-corrected chi connectivity index (χ2v) is 4.46. The normalized spacial score (nSPS) is 10.2. The van der Waals surface area contributed by atoms with Crippen molar-refractivity contribution in [2.24, 2.45) is 0 Å². The van der Waals surface area contributed by atoms with E-state index in [4.69, 9.17) is 20.9 Å². The molecule has 0 bridgehead atoms. The Morgan fingerprint density at radius 1 is 0.850 bits per heavy atom. The number of aryl methyl sites for hydroxylation is 1. The van der Waals surface area contributed by atoms with Gasteiger partial charge in [0.15, 0.2) is 0 Å². The summed E-state index contributed by atoms with van der Waals surface area (Å²) in [7, 11) is 0. The molecule has 4 N–H and O–H groups in total. The molecule has 0 aliphatic rings. The van der Waals surface area contributed by atoms with E-state index >= 15 is 0 Å². The van der Waals surface area contributed by atoms with Crippen LogP contribution < -0.4 is 20.9 Å². The topological polar surface area (TPSA) is 70.5 Å². The van der Waals surface area contributed by atoms with Crippen LogP contribution in [0.2, 0.25) is 0 Å². The average Bonchev–Trinajstić information content (AvgIpc) is 2.46. The molecule has 0 saturated heterocycles. The molecule has 0 atom stereocenters. The lowest BCUT2D eigenvalue weighted by molar-refractivity contribution is 0.218. The van der Waals surface area contributed by atoms with E-state index in [0.717, 1.165) is 6.42 Å². The van der Waals surface area contributed by atoms with Crippen LogP contribution in [0.15, 0.2) is 42.5 Å². The maximum atomic E-state index is 5.93. The number of hydrogen-bond donors (Lipinski definition) is 2. The molecular formula is C16H20N2O2. The number of nitrogens with two attached hydrogens (primary N) is 2. The molecule has 4 nitrogen and oxygen atoms in total. The molecule has 20 heavy (non-hydrogen) atoms. The molecule has 0 amide bonds. The molecule has 2 aromatic carbocycles. The molecule has 4 heteroatoms. The van der Waals surface area contributed by atoms with Gasteiger partial charge in [-0.3, -0.25) is 0 Å². The highest BCUT2D eigenvalue weighted by Gasteiger charge is 2.02. The van der Waals surface area contributed by atoms with Crippen LogP contribution >= 0.6 is 0 Å². The molecule has 0 spiro atoms. The van der Waals surface area contributed by atoms with Crippen LogP contribution in [0, 0.1) is 0 Å². The maximum absolute atomic E-state index is 5.93. The molecule has 0 saturated carbocycles. The van der Waals surface area contributed by atoms with E-state index in [1.54, 1.807) is 6.07 Å². The zero-order valence-electron chi connectivity index (χ0n) is 11.6. The van der Waals surface area contributed by atoms with Crippen molar-refractivity contribution in [1.29, 1.82) is 0 Å². The first-order valence-corrected chi connectivity index (χ1v) is 6.69. The quantitative estimate of drug-likeness (QED) is 0.626. The highest BCUT2D eigenvalue weighted by molar-refractivity contribution is 5.54. The number of rotatable bonds is 6. The van der Waals surface area contributed by atoms with E-state index in [1.165, 1.54) is 5.56 Å². The first-order chi connectivity index (χ1) is 9.70. The average molecular weight is 272 g/mol. The summed E-state index contributed by atoms with van der Waals surface area (Å²) in [6.45, 7) is 2.93. The van der Waals surface area contributed by atoms with Gasteiger partial charge in [-0.15, -0.1) is 0 Å². The molecule has 0 fully saturated rings. The molecule has 0 aliphatic carbocycles. The lowest BCUT2D eigenvalue weighted by Crippen LogP contribution is -2.10. The van der Waals surface area contributed by atoms with Gasteiger partial charge in [0.2, 0.25) is 0 Å². The van der Waals surface area contributed by atoms with Crippen LogP contribution in [0.4, 0.5) is 11.4 Å². The summed E-state index contributed by atoms with van der Waals surface area (Å²) < 4.78 is 11.2. The van der Waals surface area contributed by atoms with Crippen LogP contribution in [0.25, 0.3) is 0 Å². The monoisotopic (exact) mass is 272 g/mol. The fraction of sp³-hybridized carbons (Fsp3) is 0.250. The van der Waals surface area contributed by atoms with E-state index in [0.29, 0.717) is 36.1 Å². The number of anilines is 2. The Kier molecular flexibility index (Phi) is 4.71. The number of para-hydroxylation sites is 2. The zero-order chi connectivity index (χ0) is 14.4. The Morgan fingerprint density at radius 2 is 1.50 bits per heavy atom. The maximum Gasteiger partial charge on any atom is 0.142 e. The summed E-state index contributed by atoms with van der Waals surface area (Å²) >= 11 is 0. The minimum absolute atomic E-state index is 0.420. The summed E-state index contributed by atoms with van der Waals surface area (Å²) in [6, 6.07) is 13.2. The van der Waals surface area contributed by atoms with Gasteiger partial charge >= 0.3 is 0 Å². The highest BCUT2D eigenvalue weighted by Crippen LogP contribution is 2.23. The number of ether oxygens (including phenoxy) is 2. The zero-order valence-corrected chi connectivity index (χ0v) is 11.6. The second kappa shape index (κ2) is 6.70. The molecule has 0 aromatic heterocycles. The summed E-state index contributed by atoms with van der Waals surface area (Å²) in [5.74, 6) is 1.36. The molecule has 2 aromatic rings. The molecule has 0 unspecified atom stereocenters. The van der Waals surface area contributed by atoms with Crippen molar-refractivity contribution < 1.29 is 9.47 Å². The van der Waals surface area contributed by atoms with Gasteiger partial charge < -0.3 is 20.9 Å². The van der Waals surface area contributed by atoms with Gasteiger partial charge in [0.1, 0.15) is 24.7 Å². The molecule has 0 heterocycles. The Bertz CT molecular complexity index is 570. The van der Waals surface area contributed by atoms with Gasteiger partial charge in [-0.2, -0.15) is 0 Å². The molecule has 0 aliphatic heterocycles. The lowest BCUT2D eigenvalue weighted by atomic mass is 10.1. The third-order valence-corrected chi connectivity index (χ3v) is 3.00. The van der Waals surface area contributed by atoms with Gasteiger partial charge in [-0.25, -0.2) is 0 Å². The standard InChI is InChI=1S/C16H20N2O2/c1-2-12-7-8-16(14(18)11-12)20-10-9-19-15-6-4-3-5-13(15)17/h3-8,11H,2,9-10,17-18H2,1H3. The first-order valence-electron chi connectivity index (χ1n) is 6.69. The third-order valence-electron chi connectivity index (χ3n) is 3.00. The van der Waals surface area contributed by atoms with Crippen molar-refractivity contribution in [2.45, 2.75) is 13.3 Å².